The van der Waals surface area contributed by atoms with Crippen molar-refractivity contribution in [3.63, 3.8) is 0 Å². The van der Waals surface area contributed by atoms with E-state index in [4.69, 9.17) is 10.5 Å². The van der Waals surface area contributed by atoms with E-state index in [1.807, 2.05) is 0 Å². The second kappa shape index (κ2) is 6.45. The Morgan fingerprint density at radius 1 is 1.17 bits per heavy atom. The normalized spacial score (nSPS) is 10.6. The number of carbonyl (C=O) groups is 1. The van der Waals surface area contributed by atoms with Gasteiger partial charge in [0.1, 0.15) is 29.7 Å². The van der Waals surface area contributed by atoms with Gasteiger partial charge in [-0.15, -0.1) is 0 Å². The molecule has 0 aliphatic carbocycles. The lowest BCUT2D eigenvalue weighted by Crippen LogP contribution is -2.13. The van der Waals surface area contributed by atoms with Crippen molar-refractivity contribution in [2.75, 3.05) is 0 Å². The van der Waals surface area contributed by atoms with Gasteiger partial charge in [-0.2, -0.15) is 15.4 Å². The summed E-state index contributed by atoms with van der Waals surface area (Å²) in [6.45, 7) is -0.118. The van der Waals surface area contributed by atoms with E-state index in [1.54, 1.807) is 18.2 Å². The molecule has 8 heteroatoms. The number of carbonyl (C=O) groups excluding carboxylic acids is 1. The molecule has 0 aliphatic heterocycles. The third-order valence-electron chi connectivity index (χ3n) is 3.32. The van der Waals surface area contributed by atoms with Gasteiger partial charge in [0.05, 0.1) is 0 Å². The predicted octanol–water partition coefficient (Wildman–Crippen LogP) is 2.43. The zero-order chi connectivity index (χ0) is 17.1. The topological polar surface area (TPSA) is 93.9 Å². The average molecular weight is 330 g/mol. The second-order valence-electron chi connectivity index (χ2n) is 4.91. The number of hydrogen-bond acceptors (Lipinski definition) is 4. The number of hydrogen-bond donors (Lipinski definition) is 2. The van der Waals surface area contributed by atoms with Crippen LogP contribution in [-0.4, -0.2) is 21.3 Å². The minimum absolute atomic E-state index is 0.0923. The van der Waals surface area contributed by atoms with Crippen molar-refractivity contribution in [3.05, 3.63) is 65.4 Å². The first-order valence-electron chi connectivity index (χ1n) is 6.93. The van der Waals surface area contributed by atoms with E-state index in [-0.39, 0.29) is 23.7 Å². The number of primary amides is 1. The van der Waals surface area contributed by atoms with Gasteiger partial charge in [-0.05, 0) is 18.2 Å². The van der Waals surface area contributed by atoms with E-state index < -0.39 is 17.5 Å². The zero-order valence-electron chi connectivity index (χ0n) is 12.3. The number of halogens is 2. The molecule has 6 nitrogen and oxygen atoms in total. The van der Waals surface area contributed by atoms with Gasteiger partial charge < -0.3 is 10.5 Å². The molecule has 3 N–H and O–H groups in total. The highest BCUT2D eigenvalue weighted by atomic mass is 19.1. The van der Waals surface area contributed by atoms with Gasteiger partial charge in [0.25, 0.3) is 5.91 Å². The molecule has 0 atom stereocenters. The first-order valence-corrected chi connectivity index (χ1v) is 6.93. The fourth-order valence-electron chi connectivity index (χ4n) is 2.17. The first-order chi connectivity index (χ1) is 11.6. The summed E-state index contributed by atoms with van der Waals surface area (Å²) in [5, 5.41) is 9.82. The first kappa shape index (κ1) is 15.6. The largest absolute Gasteiger partial charge is 0.488 e. The lowest BCUT2D eigenvalue weighted by molar-refractivity contribution is 0.0996. The van der Waals surface area contributed by atoms with Crippen molar-refractivity contribution in [2.24, 2.45) is 5.73 Å². The highest BCUT2D eigenvalue weighted by molar-refractivity contribution is 5.97. The van der Waals surface area contributed by atoms with E-state index in [9.17, 15) is 13.6 Å². The van der Waals surface area contributed by atoms with Gasteiger partial charge in [-0.25, -0.2) is 8.78 Å². The Bertz CT molecular complexity index is 895. The molecule has 3 aromatic rings. The van der Waals surface area contributed by atoms with Crippen LogP contribution in [0.4, 0.5) is 8.78 Å². The number of benzene rings is 2. The molecule has 0 radical (unpaired) electrons. The molecular formula is C16H12F2N4O2. The number of nitrogens with zero attached hydrogens (tertiary/aromatic N) is 2. The van der Waals surface area contributed by atoms with Crippen molar-refractivity contribution in [2.45, 2.75) is 6.61 Å². The number of amides is 1. The van der Waals surface area contributed by atoms with Crippen LogP contribution in [0.2, 0.25) is 0 Å². The molecule has 0 unspecified atom stereocenters. The molecule has 2 aromatic carbocycles. The molecule has 0 spiro atoms. The standard InChI is InChI=1S/C16H12F2N4O2/c17-10-5-6-11(14-15(16(19)23)21-22-20-14)13(7-10)24-8-9-3-1-2-4-12(9)18/h1-7H,8H2,(H2,19,23)(H,20,21,22). The number of aromatic nitrogens is 3. The lowest BCUT2D eigenvalue weighted by atomic mass is 10.1. The van der Waals surface area contributed by atoms with Gasteiger partial charge in [-0.1, -0.05) is 18.2 Å². The number of nitrogens with two attached hydrogens (primary N) is 1. The second-order valence-corrected chi connectivity index (χ2v) is 4.91. The van der Waals surface area contributed by atoms with Crippen LogP contribution in [0.15, 0.2) is 42.5 Å². The molecule has 0 saturated carbocycles. The van der Waals surface area contributed by atoms with Crippen LogP contribution in [-0.2, 0) is 6.61 Å². The zero-order valence-corrected chi connectivity index (χ0v) is 12.3. The maximum atomic E-state index is 13.7. The van der Waals surface area contributed by atoms with Crippen molar-refractivity contribution in [3.8, 4) is 17.0 Å². The lowest BCUT2D eigenvalue weighted by Gasteiger charge is -2.11. The minimum atomic E-state index is -0.789. The Hall–Kier alpha value is -3.29. The summed E-state index contributed by atoms with van der Waals surface area (Å²) in [4.78, 5) is 11.4. The van der Waals surface area contributed by atoms with Gasteiger partial charge in [0.2, 0.25) is 0 Å². The van der Waals surface area contributed by atoms with Crippen LogP contribution in [0.5, 0.6) is 5.75 Å². The molecule has 122 valence electrons. The monoisotopic (exact) mass is 330 g/mol. The summed E-state index contributed by atoms with van der Waals surface area (Å²) in [7, 11) is 0. The Morgan fingerprint density at radius 2 is 1.96 bits per heavy atom. The van der Waals surface area contributed by atoms with Crippen LogP contribution < -0.4 is 10.5 Å². The van der Waals surface area contributed by atoms with Crippen molar-refractivity contribution < 1.29 is 18.3 Å². The summed E-state index contributed by atoms with van der Waals surface area (Å²) in [5.41, 5.74) is 5.89. The molecule has 1 heterocycles. The van der Waals surface area contributed by atoms with Gasteiger partial charge in [-0.3, -0.25) is 4.79 Å². The Kier molecular flexibility index (Phi) is 4.19. The number of rotatable bonds is 5. The molecule has 0 aliphatic rings. The van der Waals surface area contributed by atoms with Gasteiger partial charge in [0.15, 0.2) is 5.69 Å². The fraction of sp³-hybridized carbons (Fsp3) is 0.0625. The molecule has 1 amide bonds. The molecule has 1 aromatic heterocycles. The van der Waals surface area contributed by atoms with Crippen LogP contribution in [0.3, 0.4) is 0 Å². The van der Waals surface area contributed by atoms with Crippen LogP contribution in [0.1, 0.15) is 16.1 Å². The maximum Gasteiger partial charge on any atom is 0.271 e. The Morgan fingerprint density at radius 3 is 2.71 bits per heavy atom. The smallest absolute Gasteiger partial charge is 0.271 e. The van der Waals surface area contributed by atoms with Gasteiger partial charge >= 0.3 is 0 Å². The average Bonchev–Trinajstić information content (AvgIpc) is 3.04. The highest BCUT2D eigenvalue weighted by Gasteiger charge is 2.19. The summed E-state index contributed by atoms with van der Waals surface area (Å²) in [5.74, 6) is -1.68. The maximum absolute atomic E-state index is 13.7. The SMILES string of the molecule is NC(=O)c1n[nH]nc1-c1ccc(F)cc1OCc1ccccc1F. The van der Waals surface area contributed by atoms with Crippen molar-refractivity contribution >= 4 is 5.91 Å². The molecule has 0 bridgehead atoms. The van der Waals surface area contributed by atoms with E-state index in [1.165, 1.54) is 18.2 Å². The summed E-state index contributed by atoms with van der Waals surface area (Å²) < 4.78 is 32.8. The Balaban J connectivity index is 1.96. The third kappa shape index (κ3) is 3.07. The van der Waals surface area contributed by atoms with Crippen molar-refractivity contribution in [1.82, 2.24) is 15.4 Å². The van der Waals surface area contributed by atoms with E-state index in [2.05, 4.69) is 15.4 Å². The number of nitrogens with one attached hydrogen (secondary N) is 1. The molecule has 24 heavy (non-hydrogen) atoms. The molecule has 0 saturated heterocycles. The van der Waals surface area contributed by atoms with E-state index >= 15 is 0 Å². The van der Waals surface area contributed by atoms with Crippen molar-refractivity contribution in [1.29, 1.82) is 0 Å². The van der Waals surface area contributed by atoms with E-state index in [0.29, 0.717) is 11.1 Å². The predicted molar refractivity (Wildman–Crippen MR) is 81.0 cm³/mol. The highest BCUT2D eigenvalue weighted by Crippen LogP contribution is 2.31. The number of ether oxygens (including phenoxy) is 1. The molecule has 3 rings (SSSR count). The van der Waals surface area contributed by atoms with Crippen LogP contribution >= 0.6 is 0 Å². The fourth-order valence-corrected chi connectivity index (χ4v) is 2.17. The third-order valence-corrected chi connectivity index (χ3v) is 3.32. The number of aromatic amines is 1. The molecule has 0 fully saturated rings. The van der Waals surface area contributed by atoms with Gasteiger partial charge in [0, 0.05) is 17.2 Å². The molecular weight excluding hydrogens is 318 g/mol. The Labute approximate surface area is 135 Å². The minimum Gasteiger partial charge on any atom is -0.488 e. The quantitative estimate of drug-likeness (QED) is 0.751. The van der Waals surface area contributed by atoms with Crippen LogP contribution in [0, 0.1) is 11.6 Å². The van der Waals surface area contributed by atoms with Crippen LogP contribution in [0.25, 0.3) is 11.3 Å². The number of H-pyrrole nitrogens is 1. The van der Waals surface area contributed by atoms with E-state index in [0.717, 1.165) is 6.07 Å². The summed E-state index contributed by atoms with van der Waals surface area (Å²) >= 11 is 0. The summed E-state index contributed by atoms with van der Waals surface area (Å²) in [6.07, 6.45) is 0. The summed E-state index contributed by atoms with van der Waals surface area (Å²) in [6, 6.07) is 9.77.